The maximum atomic E-state index is 10.9. The zero-order chi connectivity index (χ0) is 12.0. The first-order valence-electron chi connectivity index (χ1n) is 5.58. The van der Waals surface area contributed by atoms with Crippen LogP contribution in [0.3, 0.4) is 0 Å². The highest BCUT2D eigenvalue weighted by Crippen LogP contribution is 2.18. The molecule has 1 N–H and O–H groups in total. The molecule has 1 unspecified atom stereocenters. The lowest BCUT2D eigenvalue weighted by Crippen LogP contribution is -2.22. The highest BCUT2D eigenvalue weighted by Gasteiger charge is 2.03. The lowest BCUT2D eigenvalue weighted by atomic mass is 9.98. The Morgan fingerprint density at radius 3 is 2.50 bits per heavy atom. The predicted octanol–water partition coefficient (Wildman–Crippen LogP) is 3.06. The zero-order valence-corrected chi connectivity index (χ0v) is 10.1. The average molecular weight is 221 g/mol. The topological polar surface area (TPSA) is 38.3 Å². The van der Waals surface area contributed by atoms with Crippen LogP contribution in [0.4, 0.5) is 4.79 Å². The lowest BCUT2D eigenvalue weighted by Gasteiger charge is -2.10. The lowest BCUT2D eigenvalue weighted by molar-refractivity contribution is 0.170. The van der Waals surface area contributed by atoms with E-state index in [4.69, 9.17) is 0 Å². The maximum Gasteiger partial charge on any atom is 0.407 e. The van der Waals surface area contributed by atoms with E-state index < -0.39 is 6.09 Å². The second-order valence-electron chi connectivity index (χ2n) is 3.90. The quantitative estimate of drug-likeness (QED) is 0.848. The van der Waals surface area contributed by atoms with Crippen LogP contribution in [0.2, 0.25) is 0 Å². The zero-order valence-electron chi connectivity index (χ0n) is 10.1. The molecule has 0 fully saturated rings. The van der Waals surface area contributed by atoms with Gasteiger partial charge < -0.3 is 10.1 Å². The molecule has 1 aromatic carbocycles. The smallest absolute Gasteiger partial charge is 0.407 e. The molecule has 0 saturated carbocycles. The van der Waals surface area contributed by atoms with E-state index in [0.717, 1.165) is 12.0 Å². The largest absolute Gasteiger partial charge is 0.453 e. The molecule has 0 aliphatic rings. The Hall–Kier alpha value is -1.51. The SMILES string of the molecule is CCC(C)c1ccc(CNC(=O)OC)cc1. The van der Waals surface area contributed by atoms with Crippen molar-refractivity contribution in [3.05, 3.63) is 35.4 Å². The van der Waals surface area contributed by atoms with Crippen molar-refractivity contribution < 1.29 is 9.53 Å². The fourth-order valence-electron chi connectivity index (χ4n) is 1.45. The number of alkyl carbamates (subject to hydrolysis) is 1. The molecule has 16 heavy (non-hydrogen) atoms. The second kappa shape index (κ2) is 6.16. The number of benzene rings is 1. The van der Waals surface area contributed by atoms with Gasteiger partial charge in [-0.05, 0) is 23.5 Å². The van der Waals surface area contributed by atoms with Crippen LogP contribution in [-0.2, 0) is 11.3 Å². The minimum absolute atomic E-state index is 0.397. The van der Waals surface area contributed by atoms with E-state index in [2.05, 4.69) is 36.0 Å². The number of hydrogen-bond acceptors (Lipinski definition) is 2. The van der Waals surface area contributed by atoms with Crippen LogP contribution < -0.4 is 5.32 Å². The number of carbonyl (C=O) groups excluding carboxylic acids is 1. The van der Waals surface area contributed by atoms with E-state index in [9.17, 15) is 4.79 Å². The standard InChI is InChI=1S/C13H19NO2/c1-4-10(2)12-7-5-11(6-8-12)9-14-13(15)16-3/h5-8,10H,4,9H2,1-3H3,(H,14,15). The molecule has 0 aromatic heterocycles. The summed E-state index contributed by atoms with van der Waals surface area (Å²) in [6.07, 6.45) is 0.741. The summed E-state index contributed by atoms with van der Waals surface area (Å²) in [5, 5.41) is 2.65. The monoisotopic (exact) mass is 221 g/mol. The first-order valence-corrected chi connectivity index (χ1v) is 5.58. The van der Waals surface area contributed by atoms with Gasteiger partial charge in [0.2, 0.25) is 0 Å². The van der Waals surface area contributed by atoms with Crippen molar-refractivity contribution in [3.63, 3.8) is 0 Å². The molecule has 0 radical (unpaired) electrons. The van der Waals surface area contributed by atoms with Crippen LogP contribution in [-0.4, -0.2) is 13.2 Å². The van der Waals surface area contributed by atoms with Crippen molar-refractivity contribution in [1.29, 1.82) is 0 Å². The summed E-state index contributed by atoms with van der Waals surface area (Å²) in [5.41, 5.74) is 2.42. The van der Waals surface area contributed by atoms with Crippen LogP contribution >= 0.6 is 0 Å². The number of carbonyl (C=O) groups is 1. The fraction of sp³-hybridized carbons (Fsp3) is 0.462. The number of nitrogens with one attached hydrogen (secondary N) is 1. The van der Waals surface area contributed by atoms with Crippen molar-refractivity contribution >= 4 is 6.09 Å². The molecule has 1 aromatic rings. The summed E-state index contributed by atoms with van der Waals surface area (Å²) in [6.45, 7) is 4.90. The summed E-state index contributed by atoms with van der Waals surface area (Å²) in [5.74, 6) is 0.586. The summed E-state index contributed by atoms with van der Waals surface area (Å²) in [7, 11) is 1.36. The normalized spacial score (nSPS) is 11.9. The summed E-state index contributed by atoms with van der Waals surface area (Å²) >= 11 is 0. The van der Waals surface area contributed by atoms with E-state index in [1.165, 1.54) is 12.7 Å². The molecule has 0 bridgehead atoms. The van der Waals surface area contributed by atoms with Crippen LogP contribution in [0.5, 0.6) is 0 Å². The molecule has 0 heterocycles. The molecule has 1 rings (SSSR count). The molecule has 1 atom stereocenters. The van der Waals surface area contributed by atoms with Gasteiger partial charge in [0.1, 0.15) is 0 Å². The maximum absolute atomic E-state index is 10.9. The summed E-state index contributed by atoms with van der Waals surface area (Å²) in [6, 6.07) is 8.31. The number of methoxy groups -OCH3 is 1. The van der Waals surface area contributed by atoms with Crippen molar-refractivity contribution in [2.24, 2.45) is 0 Å². The van der Waals surface area contributed by atoms with Crippen LogP contribution in [0, 0.1) is 0 Å². The van der Waals surface area contributed by atoms with E-state index in [0.29, 0.717) is 12.5 Å². The van der Waals surface area contributed by atoms with Crippen molar-refractivity contribution in [3.8, 4) is 0 Å². The van der Waals surface area contributed by atoms with Crippen molar-refractivity contribution in [2.45, 2.75) is 32.7 Å². The third kappa shape index (κ3) is 3.57. The molecule has 3 nitrogen and oxygen atoms in total. The van der Waals surface area contributed by atoms with Crippen LogP contribution in [0.15, 0.2) is 24.3 Å². The van der Waals surface area contributed by atoms with Gasteiger partial charge in [-0.1, -0.05) is 38.1 Å². The Morgan fingerprint density at radius 2 is 2.00 bits per heavy atom. The van der Waals surface area contributed by atoms with Gasteiger partial charge in [-0.15, -0.1) is 0 Å². The minimum atomic E-state index is -0.397. The second-order valence-corrected chi connectivity index (χ2v) is 3.90. The molecule has 0 aliphatic carbocycles. The van der Waals surface area contributed by atoms with Gasteiger partial charge in [-0.3, -0.25) is 0 Å². The van der Waals surface area contributed by atoms with Crippen molar-refractivity contribution in [2.75, 3.05) is 7.11 Å². The van der Waals surface area contributed by atoms with E-state index in [-0.39, 0.29) is 0 Å². The van der Waals surface area contributed by atoms with E-state index >= 15 is 0 Å². The minimum Gasteiger partial charge on any atom is -0.453 e. The van der Waals surface area contributed by atoms with Gasteiger partial charge in [0, 0.05) is 6.54 Å². The predicted molar refractivity (Wildman–Crippen MR) is 64.4 cm³/mol. The Morgan fingerprint density at radius 1 is 1.38 bits per heavy atom. The molecule has 88 valence electrons. The molecule has 3 heteroatoms. The fourth-order valence-corrected chi connectivity index (χ4v) is 1.45. The van der Waals surface area contributed by atoms with E-state index in [1.54, 1.807) is 0 Å². The highest BCUT2D eigenvalue weighted by molar-refractivity contribution is 5.66. The third-order valence-corrected chi connectivity index (χ3v) is 2.78. The van der Waals surface area contributed by atoms with Gasteiger partial charge in [0.25, 0.3) is 0 Å². The molecule has 1 amide bonds. The Labute approximate surface area is 96.8 Å². The Bertz CT molecular complexity index is 332. The molecule has 0 aliphatic heterocycles. The number of ether oxygens (including phenoxy) is 1. The molecule has 0 saturated heterocycles. The van der Waals surface area contributed by atoms with Gasteiger partial charge in [-0.2, -0.15) is 0 Å². The number of amides is 1. The van der Waals surface area contributed by atoms with E-state index in [1.807, 2.05) is 12.1 Å². The van der Waals surface area contributed by atoms with Gasteiger partial charge in [-0.25, -0.2) is 4.79 Å². The number of rotatable bonds is 4. The average Bonchev–Trinajstić information content (AvgIpc) is 2.35. The summed E-state index contributed by atoms with van der Waals surface area (Å²) in [4.78, 5) is 10.9. The molecular formula is C13H19NO2. The van der Waals surface area contributed by atoms with Gasteiger partial charge in [0.05, 0.1) is 7.11 Å². The third-order valence-electron chi connectivity index (χ3n) is 2.78. The van der Waals surface area contributed by atoms with Crippen LogP contribution in [0.1, 0.15) is 37.3 Å². The first-order chi connectivity index (χ1) is 7.67. The summed E-state index contributed by atoms with van der Waals surface area (Å²) < 4.78 is 4.50. The Balaban J connectivity index is 2.54. The number of hydrogen-bond donors (Lipinski definition) is 1. The van der Waals surface area contributed by atoms with Gasteiger partial charge in [0.15, 0.2) is 0 Å². The first kappa shape index (κ1) is 12.6. The molecule has 0 spiro atoms. The van der Waals surface area contributed by atoms with Gasteiger partial charge >= 0.3 is 6.09 Å². The highest BCUT2D eigenvalue weighted by atomic mass is 16.5. The Kier molecular flexibility index (Phi) is 4.83. The van der Waals surface area contributed by atoms with Crippen LogP contribution in [0.25, 0.3) is 0 Å². The van der Waals surface area contributed by atoms with Crippen molar-refractivity contribution in [1.82, 2.24) is 5.32 Å². The molecular weight excluding hydrogens is 202 g/mol.